The van der Waals surface area contributed by atoms with Crippen LogP contribution in [0.2, 0.25) is 0 Å². The molecule has 0 amide bonds. The predicted molar refractivity (Wildman–Crippen MR) is 229 cm³/mol. The van der Waals surface area contributed by atoms with Crippen LogP contribution in [0.25, 0.3) is 77.6 Å². The number of benzene rings is 8. The average molecular weight is 703 g/mol. The molecule has 0 aliphatic carbocycles. The molecular weight excluding hydrogens is 669 g/mol. The zero-order valence-corrected chi connectivity index (χ0v) is 29.9. The number of hydrogen-bond acceptors (Lipinski definition) is 4. The minimum atomic E-state index is 0.697. The second-order valence-corrected chi connectivity index (χ2v) is 13.6. The third kappa shape index (κ3) is 5.96. The maximum absolute atomic E-state index is 5.56. The van der Waals surface area contributed by atoms with Crippen LogP contribution >= 0.6 is 0 Å². The van der Waals surface area contributed by atoms with Crippen molar-refractivity contribution in [3.63, 3.8) is 0 Å². The summed E-state index contributed by atoms with van der Waals surface area (Å²) >= 11 is 0. The number of anilines is 3. The van der Waals surface area contributed by atoms with Gasteiger partial charge in [0.05, 0.1) is 28.3 Å². The van der Waals surface area contributed by atoms with Gasteiger partial charge in [-0.2, -0.15) is 0 Å². The molecule has 0 aliphatic heterocycles. The standard InChI is InChI=1S/C51H34N4/c1-6-17-36(18-7-1)45-34-46(53-51(52-45)38-21-10-3-11-22-38)39-30-29-35-31-32-43-48(44(35)33-39)42-27-16-28-47(50(42)54-49(43)37-19-8-2-9-20-37)55(40-23-12-4-13-24-40)41-25-14-5-15-26-41/h1-34H. The van der Waals surface area contributed by atoms with E-state index in [0.29, 0.717) is 5.82 Å². The summed E-state index contributed by atoms with van der Waals surface area (Å²) in [4.78, 5) is 18.1. The fraction of sp³-hybridized carbons (Fsp3) is 0. The number of nitrogens with zero attached hydrogens (tertiary/aromatic N) is 4. The largest absolute Gasteiger partial charge is 0.308 e. The van der Waals surface area contributed by atoms with Crippen LogP contribution in [0.1, 0.15) is 0 Å². The fourth-order valence-corrected chi connectivity index (χ4v) is 7.64. The van der Waals surface area contributed by atoms with Crippen molar-refractivity contribution in [1.82, 2.24) is 15.0 Å². The Balaban J connectivity index is 1.27. The molecule has 10 aromatic rings. The average Bonchev–Trinajstić information content (AvgIpc) is 3.27. The van der Waals surface area contributed by atoms with Crippen molar-refractivity contribution in [3.05, 3.63) is 206 Å². The molecule has 55 heavy (non-hydrogen) atoms. The van der Waals surface area contributed by atoms with Crippen LogP contribution < -0.4 is 4.90 Å². The Hall–Kier alpha value is -7.43. The van der Waals surface area contributed by atoms with Crippen LogP contribution in [0.4, 0.5) is 17.1 Å². The van der Waals surface area contributed by atoms with E-state index in [1.807, 2.05) is 24.3 Å². The number of rotatable bonds is 7. The highest BCUT2D eigenvalue weighted by molar-refractivity contribution is 6.24. The summed E-state index contributed by atoms with van der Waals surface area (Å²) in [6.07, 6.45) is 0. The molecule has 258 valence electrons. The smallest absolute Gasteiger partial charge is 0.160 e. The van der Waals surface area contributed by atoms with Gasteiger partial charge in [0.2, 0.25) is 0 Å². The molecule has 0 spiro atoms. The number of fused-ring (bicyclic) bond motifs is 5. The van der Waals surface area contributed by atoms with E-state index in [1.165, 1.54) is 0 Å². The number of para-hydroxylation sites is 3. The van der Waals surface area contributed by atoms with E-state index in [9.17, 15) is 0 Å². The van der Waals surface area contributed by atoms with Gasteiger partial charge in [0.25, 0.3) is 0 Å². The summed E-state index contributed by atoms with van der Waals surface area (Å²) in [5, 5.41) is 5.64. The van der Waals surface area contributed by atoms with Crippen LogP contribution in [-0.4, -0.2) is 15.0 Å². The Kier molecular flexibility index (Phi) is 8.12. The van der Waals surface area contributed by atoms with Crippen molar-refractivity contribution in [3.8, 4) is 45.2 Å². The first-order valence-corrected chi connectivity index (χ1v) is 18.5. The van der Waals surface area contributed by atoms with E-state index in [0.717, 1.165) is 88.8 Å². The van der Waals surface area contributed by atoms with E-state index < -0.39 is 0 Å². The number of pyridine rings is 1. The highest BCUT2D eigenvalue weighted by Crippen LogP contribution is 2.44. The van der Waals surface area contributed by atoms with Crippen molar-refractivity contribution in [2.45, 2.75) is 0 Å². The monoisotopic (exact) mass is 702 g/mol. The van der Waals surface area contributed by atoms with Crippen molar-refractivity contribution in [2.75, 3.05) is 4.90 Å². The predicted octanol–water partition coefficient (Wildman–Crippen LogP) is 13.5. The molecule has 2 aromatic heterocycles. The molecule has 0 aliphatic rings. The van der Waals surface area contributed by atoms with Crippen molar-refractivity contribution in [2.24, 2.45) is 0 Å². The van der Waals surface area contributed by atoms with Crippen molar-refractivity contribution >= 4 is 49.5 Å². The lowest BCUT2D eigenvalue weighted by atomic mass is 9.93. The molecule has 4 heteroatoms. The van der Waals surface area contributed by atoms with Crippen molar-refractivity contribution < 1.29 is 0 Å². The normalized spacial score (nSPS) is 11.3. The molecule has 4 nitrogen and oxygen atoms in total. The molecule has 0 unspecified atom stereocenters. The molecule has 0 bridgehead atoms. The summed E-state index contributed by atoms with van der Waals surface area (Å²) in [6, 6.07) is 72.0. The third-order valence-corrected chi connectivity index (χ3v) is 10.2. The van der Waals surface area contributed by atoms with E-state index >= 15 is 0 Å². The molecule has 0 saturated carbocycles. The SMILES string of the molecule is c1ccc(-c2cc(-c3ccc4ccc5c(-c6ccccc6)nc6c(N(c7ccccc7)c7ccccc7)cccc6c5c4c3)nc(-c3ccccc3)n2)cc1. The molecule has 10 rings (SSSR count). The first kappa shape index (κ1) is 32.2. The zero-order chi connectivity index (χ0) is 36.6. The second-order valence-electron chi connectivity index (χ2n) is 13.6. The van der Waals surface area contributed by atoms with Crippen LogP contribution in [0.3, 0.4) is 0 Å². The van der Waals surface area contributed by atoms with Crippen LogP contribution in [0, 0.1) is 0 Å². The van der Waals surface area contributed by atoms with Crippen LogP contribution in [0.5, 0.6) is 0 Å². The lowest BCUT2D eigenvalue weighted by Crippen LogP contribution is -2.11. The molecule has 0 saturated heterocycles. The summed E-state index contributed by atoms with van der Waals surface area (Å²) in [5.74, 6) is 0.697. The third-order valence-electron chi connectivity index (χ3n) is 10.2. The maximum atomic E-state index is 5.56. The highest BCUT2D eigenvalue weighted by Gasteiger charge is 2.21. The summed E-state index contributed by atoms with van der Waals surface area (Å²) < 4.78 is 0. The second kappa shape index (κ2) is 13.8. The summed E-state index contributed by atoms with van der Waals surface area (Å²) in [7, 11) is 0. The van der Waals surface area contributed by atoms with Gasteiger partial charge in [0, 0.05) is 49.8 Å². The van der Waals surface area contributed by atoms with E-state index in [2.05, 4.69) is 187 Å². The van der Waals surface area contributed by atoms with Gasteiger partial charge in [0.15, 0.2) is 5.82 Å². The summed E-state index contributed by atoms with van der Waals surface area (Å²) in [5.41, 5.74) is 10.9. The minimum Gasteiger partial charge on any atom is -0.308 e. The Bertz CT molecular complexity index is 2850. The Morgan fingerprint density at radius 1 is 0.345 bits per heavy atom. The van der Waals surface area contributed by atoms with Gasteiger partial charge in [-0.3, -0.25) is 0 Å². The molecule has 2 heterocycles. The van der Waals surface area contributed by atoms with E-state index in [-0.39, 0.29) is 0 Å². The van der Waals surface area contributed by atoms with Gasteiger partial charge in [-0.1, -0.05) is 164 Å². The molecule has 8 aromatic carbocycles. The van der Waals surface area contributed by atoms with Gasteiger partial charge in [0.1, 0.15) is 0 Å². The lowest BCUT2D eigenvalue weighted by molar-refractivity contribution is 1.18. The van der Waals surface area contributed by atoms with Crippen LogP contribution in [0.15, 0.2) is 206 Å². The molecule has 0 N–H and O–H groups in total. The molecule has 0 atom stereocenters. The van der Waals surface area contributed by atoms with E-state index in [1.54, 1.807) is 0 Å². The number of hydrogen-bond donors (Lipinski definition) is 0. The molecule has 0 fully saturated rings. The maximum Gasteiger partial charge on any atom is 0.160 e. The van der Waals surface area contributed by atoms with Gasteiger partial charge in [-0.25, -0.2) is 15.0 Å². The topological polar surface area (TPSA) is 41.9 Å². The van der Waals surface area contributed by atoms with Gasteiger partial charge < -0.3 is 4.90 Å². The first-order valence-electron chi connectivity index (χ1n) is 18.5. The Morgan fingerprint density at radius 2 is 0.891 bits per heavy atom. The minimum absolute atomic E-state index is 0.697. The zero-order valence-electron chi connectivity index (χ0n) is 29.9. The number of aromatic nitrogens is 3. The van der Waals surface area contributed by atoms with Crippen molar-refractivity contribution in [1.29, 1.82) is 0 Å². The highest BCUT2D eigenvalue weighted by atomic mass is 15.1. The Labute approximate surface area is 319 Å². The quantitative estimate of drug-likeness (QED) is 0.155. The van der Waals surface area contributed by atoms with Crippen LogP contribution in [-0.2, 0) is 0 Å². The van der Waals surface area contributed by atoms with Gasteiger partial charge in [-0.15, -0.1) is 0 Å². The first-order chi connectivity index (χ1) is 27.3. The molecular formula is C51H34N4. The molecule has 0 radical (unpaired) electrons. The summed E-state index contributed by atoms with van der Waals surface area (Å²) in [6.45, 7) is 0. The van der Waals surface area contributed by atoms with Gasteiger partial charge >= 0.3 is 0 Å². The Morgan fingerprint density at radius 3 is 1.53 bits per heavy atom. The van der Waals surface area contributed by atoms with E-state index in [4.69, 9.17) is 15.0 Å². The fourth-order valence-electron chi connectivity index (χ4n) is 7.64. The van der Waals surface area contributed by atoms with Gasteiger partial charge in [-0.05, 0) is 53.2 Å². The lowest BCUT2D eigenvalue weighted by Gasteiger charge is -2.27.